The van der Waals surface area contributed by atoms with Gasteiger partial charge >= 0.3 is 0 Å². The Balaban J connectivity index is 1.97. The quantitative estimate of drug-likeness (QED) is 0.690. The molecule has 0 radical (unpaired) electrons. The first kappa shape index (κ1) is 11.2. The zero-order valence-electron chi connectivity index (χ0n) is 9.62. The van der Waals surface area contributed by atoms with Crippen LogP contribution in [0.4, 0.5) is 0 Å². The van der Waals surface area contributed by atoms with Gasteiger partial charge in [-0.1, -0.05) is 46.3 Å². The first-order chi connectivity index (χ1) is 8.83. The van der Waals surface area contributed by atoms with Crippen LogP contribution < -0.4 is 0 Å². The molecule has 0 aliphatic heterocycles. The number of nitrogens with zero attached hydrogens (tertiary/aromatic N) is 2. The molecule has 3 aromatic rings. The molecule has 1 aromatic heterocycles. The van der Waals surface area contributed by atoms with E-state index in [9.17, 15) is 0 Å². The highest BCUT2D eigenvalue weighted by Gasteiger charge is 2.02. The second-order valence-corrected chi connectivity index (χ2v) is 4.93. The summed E-state index contributed by atoms with van der Waals surface area (Å²) in [6.07, 6.45) is 3.93. The molecule has 18 heavy (non-hydrogen) atoms. The number of aromatic nitrogens is 2. The molecule has 0 bridgehead atoms. The number of halogens is 1. The van der Waals surface area contributed by atoms with E-state index in [1.165, 1.54) is 5.56 Å². The standard InChI is InChI=1S/C15H11BrN2/c16-14-6-8-15(9-7-14)18-11-13(10-17-18)12-4-2-1-3-5-12/h1-11H. The van der Waals surface area contributed by atoms with Gasteiger partial charge in [-0.3, -0.25) is 0 Å². The normalized spacial score (nSPS) is 10.5. The van der Waals surface area contributed by atoms with Gasteiger partial charge in [0.05, 0.1) is 11.9 Å². The van der Waals surface area contributed by atoms with Gasteiger partial charge in [0, 0.05) is 16.2 Å². The Morgan fingerprint density at radius 2 is 1.56 bits per heavy atom. The topological polar surface area (TPSA) is 17.8 Å². The zero-order chi connectivity index (χ0) is 12.4. The van der Waals surface area contributed by atoms with E-state index in [-0.39, 0.29) is 0 Å². The molecule has 0 unspecified atom stereocenters. The lowest BCUT2D eigenvalue weighted by atomic mass is 10.1. The number of hydrogen-bond donors (Lipinski definition) is 0. The van der Waals surface area contributed by atoms with Gasteiger partial charge in [0.25, 0.3) is 0 Å². The van der Waals surface area contributed by atoms with Crippen LogP contribution in [0.25, 0.3) is 16.8 Å². The maximum Gasteiger partial charge on any atom is 0.0646 e. The van der Waals surface area contributed by atoms with Crippen LogP contribution in [0.5, 0.6) is 0 Å². The van der Waals surface area contributed by atoms with E-state index in [0.29, 0.717) is 0 Å². The summed E-state index contributed by atoms with van der Waals surface area (Å²) < 4.78 is 2.95. The molecular weight excluding hydrogens is 288 g/mol. The van der Waals surface area contributed by atoms with E-state index in [1.807, 2.05) is 59.5 Å². The Hall–Kier alpha value is -1.87. The second kappa shape index (κ2) is 4.78. The molecule has 0 saturated heterocycles. The van der Waals surface area contributed by atoms with Gasteiger partial charge in [0.1, 0.15) is 0 Å². The van der Waals surface area contributed by atoms with Crippen molar-refractivity contribution in [2.45, 2.75) is 0 Å². The second-order valence-electron chi connectivity index (χ2n) is 4.02. The van der Waals surface area contributed by atoms with Crippen LogP contribution in [0, 0.1) is 0 Å². The van der Waals surface area contributed by atoms with Gasteiger partial charge in [0.15, 0.2) is 0 Å². The highest BCUT2D eigenvalue weighted by atomic mass is 79.9. The van der Waals surface area contributed by atoms with Gasteiger partial charge in [0.2, 0.25) is 0 Å². The fraction of sp³-hybridized carbons (Fsp3) is 0. The fourth-order valence-corrected chi connectivity index (χ4v) is 2.10. The van der Waals surface area contributed by atoms with Crippen LogP contribution in [-0.4, -0.2) is 9.78 Å². The van der Waals surface area contributed by atoms with Gasteiger partial charge in [-0.2, -0.15) is 5.10 Å². The maximum atomic E-state index is 4.39. The zero-order valence-corrected chi connectivity index (χ0v) is 11.2. The highest BCUT2D eigenvalue weighted by molar-refractivity contribution is 9.10. The van der Waals surface area contributed by atoms with Crippen LogP contribution in [-0.2, 0) is 0 Å². The minimum Gasteiger partial charge on any atom is -0.240 e. The third kappa shape index (κ3) is 2.22. The summed E-state index contributed by atoms with van der Waals surface area (Å²) in [4.78, 5) is 0. The molecule has 1 heterocycles. The van der Waals surface area contributed by atoms with Crippen LogP contribution in [0.15, 0.2) is 71.5 Å². The van der Waals surface area contributed by atoms with E-state index < -0.39 is 0 Å². The summed E-state index contributed by atoms with van der Waals surface area (Å²) in [5.41, 5.74) is 3.36. The van der Waals surface area contributed by atoms with Gasteiger partial charge in [-0.25, -0.2) is 4.68 Å². The summed E-state index contributed by atoms with van der Waals surface area (Å²) in [6, 6.07) is 18.4. The third-order valence-corrected chi connectivity index (χ3v) is 3.31. The molecule has 0 aliphatic carbocycles. The summed E-state index contributed by atoms with van der Waals surface area (Å²) in [7, 11) is 0. The SMILES string of the molecule is Brc1ccc(-n2cc(-c3ccccc3)cn2)cc1. The first-order valence-electron chi connectivity index (χ1n) is 5.69. The van der Waals surface area contributed by atoms with Crippen molar-refractivity contribution in [1.29, 1.82) is 0 Å². The molecular formula is C15H11BrN2. The Bertz CT molecular complexity index is 642. The fourth-order valence-electron chi connectivity index (χ4n) is 1.84. The monoisotopic (exact) mass is 298 g/mol. The van der Waals surface area contributed by atoms with Crippen LogP contribution in [0.3, 0.4) is 0 Å². The minimum absolute atomic E-state index is 1.06. The van der Waals surface area contributed by atoms with E-state index >= 15 is 0 Å². The average molecular weight is 299 g/mol. The smallest absolute Gasteiger partial charge is 0.0646 e. The molecule has 3 heteroatoms. The lowest BCUT2D eigenvalue weighted by Crippen LogP contribution is -1.92. The molecule has 2 aromatic carbocycles. The molecule has 0 saturated carbocycles. The lowest BCUT2D eigenvalue weighted by molar-refractivity contribution is 0.880. The number of hydrogen-bond acceptors (Lipinski definition) is 1. The van der Waals surface area contributed by atoms with Gasteiger partial charge < -0.3 is 0 Å². The van der Waals surface area contributed by atoms with Crippen molar-refractivity contribution in [2.75, 3.05) is 0 Å². The van der Waals surface area contributed by atoms with E-state index in [0.717, 1.165) is 15.7 Å². The summed E-state index contributed by atoms with van der Waals surface area (Å²) >= 11 is 3.43. The molecule has 88 valence electrons. The predicted molar refractivity (Wildman–Crippen MR) is 76.7 cm³/mol. The molecule has 0 atom stereocenters. The lowest BCUT2D eigenvalue weighted by Gasteiger charge is -2.00. The van der Waals surface area contributed by atoms with Crippen molar-refractivity contribution in [3.8, 4) is 16.8 Å². The Labute approximate surface area is 114 Å². The molecule has 0 aliphatic rings. The minimum atomic E-state index is 1.06. The summed E-state index contributed by atoms with van der Waals surface area (Å²) in [5, 5.41) is 4.39. The third-order valence-electron chi connectivity index (χ3n) is 2.78. The number of benzene rings is 2. The van der Waals surface area contributed by atoms with Crippen molar-refractivity contribution >= 4 is 15.9 Å². The first-order valence-corrected chi connectivity index (χ1v) is 6.48. The summed E-state index contributed by atoms with van der Waals surface area (Å²) in [6.45, 7) is 0. The van der Waals surface area contributed by atoms with Crippen molar-refractivity contribution in [3.63, 3.8) is 0 Å². The predicted octanol–water partition coefficient (Wildman–Crippen LogP) is 4.30. The maximum absolute atomic E-state index is 4.39. The largest absolute Gasteiger partial charge is 0.240 e. The average Bonchev–Trinajstić information content (AvgIpc) is 2.90. The molecule has 0 spiro atoms. The van der Waals surface area contributed by atoms with E-state index in [1.54, 1.807) is 0 Å². The molecule has 0 N–H and O–H groups in total. The Morgan fingerprint density at radius 3 is 2.28 bits per heavy atom. The molecule has 0 fully saturated rings. The van der Waals surface area contributed by atoms with Crippen molar-refractivity contribution < 1.29 is 0 Å². The molecule has 0 amide bonds. The van der Waals surface area contributed by atoms with Crippen molar-refractivity contribution in [2.24, 2.45) is 0 Å². The van der Waals surface area contributed by atoms with Gasteiger partial charge in [-0.15, -0.1) is 0 Å². The Kier molecular flexibility index (Phi) is 2.99. The van der Waals surface area contributed by atoms with E-state index in [2.05, 4.69) is 33.2 Å². The van der Waals surface area contributed by atoms with Crippen LogP contribution in [0.1, 0.15) is 0 Å². The van der Waals surface area contributed by atoms with Crippen LogP contribution in [0.2, 0.25) is 0 Å². The van der Waals surface area contributed by atoms with E-state index in [4.69, 9.17) is 0 Å². The van der Waals surface area contributed by atoms with Gasteiger partial charge in [-0.05, 0) is 29.8 Å². The Morgan fingerprint density at radius 1 is 0.833 bits per heavy atom. The molecule has 2 nitrogen and oxygen atoms in total. The van der Waals surface area contributed by atoms with Crippen molar-refractivity contribution in [1.82, 2.24) is 9.78 Å². The van der Waals surface area contributed by atoms with Crippen molar-refractivity contribution in [3.05, 3.63) is 71.5 Å². The highest BCUT2D eigenvalue weighted by Crippen LogP contribution is 2.20. The summed E-state index contributed by atoms with van der Waals surface area (Å²) in [5.74, 6) is 0. The number of rotatable bonds is 2. The van der Waals surface area contributed by atoms with Crippen LogP contribution >= 0.6 is 15.9 Å². The molecule has 3 rings (SSSR count).